The first-order valence-corrected chi connectivity index (χ1v) is 10.4. The summed E-state index contributed by atoms with van der Waals surface area (Å²) in [5, 5.41) is 3.35. The molecule has 0 aliphatic heterocycles. The van der Waals surface area contributed by atoms with Gasteiger partial charge in [-0.25, -0.2) is 13.1 Å². The van der Waals surface area contributed by atoms with Crippen molar-refractivity contribution in [2.75, 3.05) is 11.9 Å². The zero-order chi connectivity index (χ0) is 19.2. The van der Waals surface area contributed by atoms with Gasteiger partial charge in [0.2, 0.25) is 10.0 Å². The Balaban J connectivity index is 2.06. The van der Waals surface area contributed by atoms with Crippen molar-refractivity contribution in [2.45, 2.75) is 38.0 Å². The van der Waals surface area contributed by atoms with E-state index in [-0.39, 0.29) is 10.8 Å². The van der Waals surface area contributed by atoms with Crippen molar-refractivity contribution in [1.29, 1.82) is 0 Å². The highest BCUT2D eigenvalue weighted by atomic mass is 35.5. The fourth-order valence-electron chi connectivity index (χ4n) is 2.39. The molecule has 0 bridgehead atoms. The second kappa shape index (κ2) is 9.16. The van der Waals surface area contributed by atoms with Crippen molar-refractivity contribution >= 4 is 33.2 Å². The van der Waals surface area contributed by atoms with Crippen molar-refractivity contribution in [3.05, 3.63) is 58.6 Å². The molecule has 5 nitrogen and oxygen atoms in total. The van der Waals surface area contributed by atoms with Gasteiger partial charge >= 0.3 is 0 Å². The van der Waals surface area contributed by atoms with Crippen LogP contribution in [0.3, 0.4) is 0 Å². The van der Waals surface area contributed by atoms with Crippen LogP contribution in [0.15, 0.2) is 47.4 Å². The Kier molecular flexibility index (Phi) is 7.20. The number of hydrogen-bond acceptors (Lipinski definition) is 3. The number of carbonyl (C=O) groups excluding carboxylic acids is 1. The van der Waals surface area contributed by atoms with E-state index in [1.165, 1.54) is 24.3 Å². The number of rotatable bonds is 8. The topological polar surface area (TPSA) is 75.3 Å². The maximum absolute atomic E-state index is 12.4. The van der Waals surface area contributed by atoms with E-state index >= 15 is 0 Å². The number of sulfonamides is 1. The van der Waals surface area contributed by atoms with E-state index in [0.717, 1.165) is 24.8 Å². The molecule has 0 aromatic heterocycles. The van der Waals surface area contributed by atoms with E-state index in [9.17, 15) is 13.2 Å². The summed E-state index contributed by atoms with van der Waals surface area (Å²) < 4.78 is 27.0. The van der Waals surface area contributed by atoms with Gasteiger partial charge in [0, 0.05) is 22.8 Å². The molecule has 26 heavy (non-hydrogen) atoms. The number of nitrogens with one attached hydrogen (secondary N) is 2. The molecule has 2 rings (SSSR count). The van der Waals surface area contributed by atoms with Crippen molar-refractivity contribution in [2.24, 2.45) is 0 Å². The molecule has 7 heteroatoms. The lowest BCUT2D eigenvalue weighted by molar-refractivity contribution is 0.102. The van der Waals surface area contributed by atoms with Crippen LogP contribution < -0.4 is 10.0 Å². The van der Waals surface area contributed by atoms with Gasteiger partial charge in [-0.05, 0) is 55.3 Å². The molecule has 140 valence electrons. The molecule has 2 aromatic rings. The first kappa shape index (κ1) is 20.4. The predicted octanol–water partition coefficient (Wildman–Crippen LogP) is 4.37. The minimum Gasteiger partial charge on any atom is -0.322 e. The molecule has 0 atom stereocenters. The quantitative estimate of drug-likeness (QED) is 0.653. The van der Waals surface area contributed by atoms with Crippen LogP contribution in [0.25, 0.3) is 0 Å². The highest BCUT2D eigenvalue weighted by Gasteiger charge is 2.15. The maximum Gasteiger partial charge on any atom is 0.255 e. The fraction of sp³-hybridized carbons (Fsp3) is 0.316. The summed E-state index contributed by atoms with van der Waals surface area (Å²) in [5.74, 6) is -0.324. The lowest BCUT2D eigenvalue weighted by Crippen LogP contribution is -2.24. The third kappa shape index (κ3) is 5.30. The minimum atomic E-state index is -3.55. The van der Waals surface area contributed by atoms with Crippen LogP contribution >= 0.6 is 11.6 Å². The lowest BCUT2D eigenvalue weighted by atomic mass is 10.1. The molecule has 1 amide bonds. The molecular weight excluding hydrogens is 372 g/mol. The monoisotopic (exact) mass is 394 g/mol. The number of halogens is 1. The minimum absolute atomic E-state index is 0.143. The van der Waals surface area contributed by atoms with Gasteiger partial charge in [-0.15, -0.1) is 0 Å². The standard InChI is InChI=1S/C19H23ClN2O3S/c1-3-4-5-13-21-26(24,25)16-11-9-15(10-12-16)19(23)22-18-8-6-7-17(20)14(18)2/h6-12,21H,3-5,13H2,1-2H3,(H,22,23). The summed E-state index contributed by atoms with van der Waals surface area (Å²) >= 11 is 6.05. The summed E-state index contributed by atoms with van der Waals surface area (Å²) in [5.41, 5.74) is 1.77. The molecule has 0 unspecified atom stereocenters. The smallest absolute Gasteiger partial charge is 0.255 e. The first-order valence-electron chi connectivity index (χ1n) is 8.51. The van der Waals surface area contributed by atoms with E-state index in [2.05, 4.69) is 17.0 Å². The number of amides is 1. The number of carbonyl (C=O) groups is 1. The zero-order valence-corrected chi connectivity index (χ0v) is 16.5. The van der Waals surface area contributed by atoms with E-state index in [1.807, 2.05) is 6.92 Å². The maximum atomic E-state index is 12.4. The fourth-order valence-corrected chi connectivity index (χ4v) is 3.64. The van der Waals surface area contributed by atoms with Gasteiger partial charge in [-0.1, -0.05) is 37.4 Å². The summed E-state index contributed by atoms with van der Waals surface area (Å²) in [7, 11) is -3.55. The first-order chi connectivity index (χ1) is 12.3. The third-order valence-corrected chi connectivity index (χ3v) is 5.90. The Bertz CT molecular complexity index is 865. The molecule has 2 aromatic carbocycles. The van der Waals surface area contributed by atoms with Crippen molar-refractivity contribution in [1.82, 2.24) is 4.72 Å². The van der Waals surface area contributed by atoms with Crippen molar-refractivity contribution in [3.63, 3.8) is 0 Å². The van der Waals surface area contributed by atoms with Crippen LogP contribution in [-0.4, -0.2) is 20.9 Å². The van der Waals surface area contributed by atoms with Crippen molar-refractivity contribution in [3.8, 4) is 0 Å². The van der Waals surface area contributed by atoms with Gasteiger partial charge in [0.1, 0.15) is 0 Å². The Morgan fingerprint density at radius 2 is 1.77 bits per heavy atom. The third-order valence-electron chi connectivity index (χ3n) is 4.02. The molecule has 0 aliphatic carbocycles. The van der Waals surface area contributed by atoms with E-state index in [1.54, 1.807) is 18.2 Å². The van der Waals surface area contributed by atoms with Gasteiger partial charge in [0.05, 0.1) is 4.90 Å². The zero-order valence-electron chi connectivity index (χ0n) is 14.9. The van der Waals surface area contributed by atoms with Gasteiger partial charge in [0.15, 0.2) is 0 Å². The SMILES string of the molecule is CCCCCNS(=O)(=O)c1ccc(C(=O)Nc2cccc(Cl)c2C)cc1. The van der Waals surface area contributed by atoms with Crippen LogP contribution in [0.2, 0.25) is 5.02 Å². The molecule has 2 N–H and O–H groups in total. The molecular formula is C19H23ClN2O3S. The van der Waals surface area contributed by atoms with Gasteiger partial charge in [-0.3, -0.25) is 4.79 Å². The summed E-state index contributed by atoms with van der Waals surface area (Å²) in [6, 6.07) is 11.1. The van der Waals surface area contributed by atoms with E-state index in [4.69, 9.17) is 11.6 Å². The molecule has 0 spiro atoms. The molecule has 0 heterocycles. The van der Waals surface area contributed by atoms with Gasteiger partial charge < -0.3 is 5.32 Å². The number of hydrogen-bond donors (Lipinski definition) is 2. The van der Waals surface area contributed by atoms with E-state index in [0.29, 0.717) is 22.8 Å². The Morgan fingerprint density at radius 3 is 2.42 bits per heavy atom. The highest BCUT2D eigenvalue weighted by molar-refractivity contribution is 7.89. The molecule has 0 aliphatic rings. The Morgan fingerprint density at radius 1 is 1.08 bits per heavy atom. The second-order valence-electron chi connectivity index (χ2n) is 6.00. The predicted molar refractivity (Wildman–Crippen MR) is 105 cm³/mol. The van der Waals surface area contributed by atoms with Crippen LogP contribution in [0.1, 0.15) is 42.1 Å². The highest BCUT2D eigenvalue weighted by Crippen LogP contribution is 2.23. The number of unbranched alkanes of at least 4 members (excludes halogenated alkanes) is 2. The van der Waals surface area contributed by atoms with Crippen LogP contribution in [0, 0.1) is 6.92 Å². The van der Waals surface area contributed by atoms with E-state index < -0.39 is 10.0 Å². The average Bonchev–Trinajstić information content (AvgIpc) is 2.63. The molecule has 0 saturated carbocycles. The van der Waals surface area contributed by atoms with Crippen molar-refractivity contribution < 1.29 is 13.2 Å². The summed E-state index contributed by atoms with van der Waals surface area (Å²) in [4.78, 5) is 12.5. The largest absolute Gasteiger partial charge is 0.322 e. The average molecular weight is 395 g/mol. The normalized spacial score (nSPS) is 11.3. The van der Waals surface area contributed by atoms with Crippen LogP contribution in [0.5, 0.6) is 0 Å². The van der Waals surface area contributed by atoms with Crippen LogP contribution in [-0.2, 0) is 10.0 Å². The molecule has 0 radical (unpaired) electrons. The van der Waals surface area contributed by atoms with Gasteiger partial charge in [-0.2, -0.15) is 0 Å². The molecule has 0 fully saturated rings. The van der Waals surface area contributed by atoms with Gasteiger partial charge in [0.25, 0.3) is 5.91 Å². The lowest BCUT2D eigenvalue weighted by Gasteiger charge is -2.10. The second-order valence-corrected chi connectivity index (χ2v) is 8.17. The Hall–Kier alpha value is -1.89. The van der Waals surface area contributed by atoms with Crippen LogP contribution in [0.4, 0.5) is 5.69 Å². The number of benzene rings is 2. The Labute approximate surface area is 159 Å². The molecule has 0 saturated heterocycles. The summed E-state index contributed by atoms with van der Waals surface area (Å²) in [6.45, 7) is 4.29. The number of anilines is 1. The summed E-state index contributed by atoms with van der Waals surface area (Å²) in [6.07, 6.45) is 2.80.